The van der Waals surface area contributed by atoms with Crippen molar-refractivity contribution in [2.75, 3.05) is 0 Å². The van der Waals surface area contributed by atoms with Gasteiger partial charge in [0.25, 0.3) is 5.91 Å². The molecule has 3 heteroatoms. The van der Waals surface area contributed by atoms with Crippen LogP contribution in [0.4, 0.5) is 0 Å². The van der Waals surface area contributed by atoms with E-state index in [4.69, 9.17) is 0 Å². The number of amides is 1. The number of hydrogen-bond donors (Lipinski definition) is 2. The summed E-state index contributed by atoms with van der Waals surface area (Å²) in [5.74, 6) is -0.244. The second kappa shape index (κ2) is 2.82. The summed E-state index contributed by atoms with van der Waals surface area (Å²) in [7, 11) is 0. The highest BCUT2D eigenvalue weighted by Crippen LogP contribution is 2.34. The van der Waals surface area contributed by atoms with Crippen LogP contribution in [0.5, 0.6) is 0 Å². The molecule has 0 aromatic heterocycles. The Morgan fingerprint density at radius 3 is 2.64 bits per heavy atom. The molecule has 0 saturated heterocycles. The fourth-order valence-corrected chi connectivity index (χ4v) is 1.78. The topological polar surface area (TPSA) is 49.3 Å². The normalized spacial score (nSPS) is 25.0. The molecule has 0 bridgehead atoms. The van der Waals surface area contributed by atoms with Crippen molar-refractivity contribution in [3.05, 3.63) is 35.4 Å². The van der Waals surface area contributed by atoms with Crippen LogP contribution >= 0.6 is 0 Å². The Bertz CT molecular complexity index is 387. The average molecular weight is 191 g/mol. The summed E-state index contributed by atoms with van der Waals surface area (Å²) in [6, 6.07) is 7.13. The molecule has 0 spiro atoms. The minimum Gasteiger partial charge on any atom is -0.367 e. The highest BCUT2D eigenvalue weighted by Gasteiger charge is 2.43. The summed E-state index contributed by atoms with van der Waals surface area (Å²) >= 11 is 0. The Kier molecular flexibility index (Phi) is 1.86. The average Bonchev–Trinajstić information content (AvgIpc) is 2.42. The lowest BCUT2D eigenvalue weighted by molar-refractivity contribution is -0.0282. The van der Waals surface area contributed by atoms with Crippen molar-refractivity contribution < 1.29 is 9.90 Å². The summed E-state index contributed by atoms with van der Waals surface area (Å²) in [4.78, 5) is 11.5. The van der Waals surface area contributed by atoms with Crippen LogP contribution in [-0.4, -0.2) is 11.0 Å². The summed E-state index contributed by atoms with van der Waals surface area (Å²) in [6.07, 6.45) is 0. The van der Waals surface area contributed by atoms with E-state index in [1.165, 1.54) is 0 Å². The van der Waals surface area contributed by atoms with E-state index in [0.717, 1.165) is 0 Å². The van der Waals surface area contributed by atoms with E-state index in [2.05, 4.69) is 5.32 Å². The second-order valence-electron chi connectivity index (χ2n) is 3.92. The van der Waals surface area contributed by atoms with Gasteiger partial charge in [0, 0.05) is 17.0 Å². The summed E-state index contributed by atoms with van der Waals surface area (Å²) in [6.45, 7) is 3.75. The zero-order valence-corrected chi connectivity index (χ0v) is 8.24. The molecule has 0 saturated carbocycles. The molecule has 1 amide bonds. The molecule has 1 aromatic carbocycles. The lowest BCUT2D eigenvalue weighted by Crippen LogP contribution is -2.43. The second-order valence-corrected chi connectivity index (χ2v) is 3.92. The number of carbonyl (C=O) groups excluding carboxylic acids is 1. The van der Waals surface area contributed by atoms with Crippen molar-refractivity contribution >= 4 is 5.91 Å². The third-order valence-electron chi connectivity index (χ3n) is 2.72. The molecule has 14 heavy (non-hydrogen) atoms. The summed E-state index contributed by atoms with van der Waals surface area (Å²) < 4.78 is 0. The first-order valence-electron chi connectivity index (χ1n) is 4.70. The number of carbonyl (C=O) groups is 1. The number of aliphatic hydroxyl groups is 1. The summed E-state index contributed by atoms with van der Waals surface area (Å²) in [5.41, 5.74) is 0.0527. The first-order chi connectivity index (χ1) is 6.55. The molecule has 0 unspecified atom stereocenters. The van der Waals surface area contributed by atoms with Gasteiger partial charge in [0.1, 0.15) is 0 Å². The van der Waals surface area contributed by atoms with Crippen LogP contribution in [0.2, 0.25) is 0 Å². The first kappa shape index (κ1) is 9.21. The molecule has 0 fully saturated rings. The Morgan fingerprint density at radius 1 is 1.36 bits per heavy atom. The third-order valence-corrected chi connectivity index (χ3v) is 2.72. The lowest BCUT2D eigenvalue weighted by Gasteiger charge is -2.28. The Morgan fingerprint density at radius 2 is 2.00 bits per heavy atom. The molecule has 1 aliphatic heterocycles. The molecule has 3 nitrogen and oxygen atoms in total. The van der Waals surface area contributed by atoms with E-state index >= 15 is 0 Å². The predicted molar refractivity (Wildman–Crippen MR) is 52.6 cm³/mol. The quantitative estimate of drug-likeness (QED) is 0.701. The number of fused-ring (bicyclic) bond motifs is 1. The minimum absolute atomic E-state index is 0.0462. The maximum absolute atomic E-state index is 11.5. The van der Waals surface area contributed by atoms with E-state index in [-0.39, 0.29) is 11.8 Å². The van der Waals surface area contributed by atoms with Gasteiger partial charge in [0.05, 0.1) is 0 Å². The van der Waals surface area contributed by atoms with Gasteiger partial charge in [-0.1, -0.05) is 32.0 Å². The van der Waals surface area contributed by atoms with E-state index in [1.807, 2.05) is 19.9 Å². The standard InChI is InChI=1S/C11H13NO2/c1-7(2)11(14)9-6-4-3-5-8(9)10(13)12-11/h3-7,14H,1-2H3,(H,12,13)/t11-/m0/s1. The molecule has 74 valence electrons. The molecule has 1 atom stereocenters. The van der Waals surface area contributed by atoms with Crippen molar-refractivity contribution in [1.82, 2.24) is 5.32 Å². The largest absolute Gasteiger partial charge is 0.367 e. The number of benzene rings is 1. The van der Waals surface area contributed by atoms with Crippen molar-refractivity contribution in [2.45, 2.75) is 19.6 Å². The highest BCUT2D eigenvalue weighted by atomic mass is 16.3. The molecule has 0 aliphatic carbocycles. The van der Waals surface area contributed by atoms with Gasteiger partial charge in [-0.25, -0.2) is 0 Å². The van der Waals surface area contributed by atoms with Gasteiger partial charge >= 0.3 is 0 Å². The van der Waals surface area contributed by atoms with Gasteiger partial charge in [-0.2, -0.15) is 0 Å². The van der Waals surface area contributed by atoms with Gasteiger partial charge in [-0.05, 0) is 6.07 Å². The number of rotatable bonds is 1. The van der Waals surface area contributed by atoms with Crippen LogP contribution in [0.3, 0.4) is 0 Å². The van der Waals surface area contributed by atoms with Crippen LogP contribution in [0, 0.1) is 5.92 Å². The van der Waals surface area contributed by atoms with E-state index in [0.29, 0.717) is 11.1 Å². The summed E-state index contributed by atoms with van der Waals surface area (Å²) in [5, 5.41) is 12.9. The van der Waals surface area contributed by atoms with Crippen molar-refractivity contribution in [1.29, 1.82) is 0 Å². The monoisotopic (exact) mass is 191 g/mol. The molecule has 2 N–H and O–H groups in total. The van der Waals surface area contributed by atoms with Crippen molar-refractivity contribution in [3.8, 4) is 0 Å². The van der Waals surface area contributed by atoms with Crippen molar-refractivity contribution in [3.63, 3.8) is 0 Å². The van der Waals surface area contributed by atoms with E-state index in [1.54, 1.807) is 18.2 Å². The van der Waals surface area contributed by atoms with Crippen LogP contribution in [0.1, 0.15) is 29.8 Å². The molecular formula is C11H13NO2. The minimum atomic E-state index is -1.20. The molecule has 1 aromatic rings. The van der Waals surface area contributed by atoms with Gasteiger partial charge in [-0.15, -0.1) is 0 Å². The number of nitrogens with one attached hydrogen (secondary N) is 1. The number of hydrogen-bond acceptors (Lipinski definition) is 2. The van der Waals surface area contributed by atoms with Gasteiger partial charge < -0.3 is 10.4 Å². The van der Waals surface area contributed by atoms with Crippen molar-refractivity contribution in [2.24, 2.45) is 5.92 Å². The maximum atomic E-state index is 11.5. The van der Waals surface area contributed by atoms with Crippen LogP contribution in [0.25, 0.3) is 0 Å². The Balaban J connectivity index is 2.59. The molecule has 2 rings (SSSR count). The Labute approximate surface area is 82.8 Å². The van der Waals surface area contributed by atoms with E-state index in [9.17, 15) is 9.90 Å². The third kappa shape index (κ3) is 1.06. The van der Waals surface area contributed by atoms with Crippen LogP contribution in [0.15, 0.2) is 24.3 Å². The fourth-order valence-electron chi connectivity index (χ4n) is 1.78. The Hall–Kier alpha value is -1.35. The molecule has 1 aliphatic rings. The van der Waals surface area contributed by atoms with Gasteiger partial charge in [-0.3, -0.25) is 4.79 Å². The maximum Gasteiger partial charge on any atom is 0.254 e. The zero-order valence-electron chi connectivity index (χ0n) is 8.24. The van der Waals surface area contributed by atoms with E-state index < -0.39 is 5.72 Å². The van der Waals surface area contributed by atoms with Gasteiger partial charge in [0.2, 0.25) is 0 Å². The molecular weight excluding hydrogens is 178 g/mol. The highest BCUT2D eigenvalue weighted by molar-refractivity contribution is 5.99. The van der Waals surface area contributed by atoms with Gasteiger partial charge in [0.15, 0.2) is 5.72 Å². The fraction of sp³-hybridized carbons (Fsp3) is 0.364. The SMILES string of the molecule is CC(C)[C@@]1(O)NC(=O)c2ccccc21. The first-order valence-corrected chi connectivity index (χ1v) is 4.70. The predicted octanol–water partition coefficient (Wildman–Crippen LogP) is 1.23. The molecule has 1 heterocycles. The zero-order chi connectivity index (χ0) is 10.3. The van der Waals surface area contributed by atoms with Crippen LogP contribution in [-0.2, 0) is 5.72 Å². The molecule has 0 radical (unpaired) electrons. The lowest BCUT2D eigenvalue weighted by atomic mass is 9.92. The van der Waals surface area contributed by atoms with Crippen LogP contribution < -0.4 is 5.32 Å². The smallest absolute Gasteiger partial charge is 0.254 e.